The molecule has 3 aliphatic heterocycles. The third-order valence-electron chi connectivity index (χ3n) is 5.14. The third-order valence-corrected chi connectivity index (χ3v) is 6.10. The van der Waals surface area contributed by atoms with Gasteiger partial charge >= 0.3 is 0 Å². The van der Waals surface area contributed by atoms with Gasteiger partial charge in [-0.1, -0.05) is 11.3 Å². The van der Waals surface area contributed by atoms with Gasteiger partial charge in [0.2, 0.25) is 5.91 Å². The van der Waals surface area contributed by atoms with E-state index in [2.05, 4.69) is 10.2 Å². The fraction of sp³-hybridized carbons (Fsp3) is 0.368. The summed E-state index contributed by atoms with van der Waals surface area (Å²) in [6.07, 6.45) is 2.34. The summed E-state index contributed by atoms with van der Waals surface area (Å²) in [4.78, 5) is 26.7. The van der Waals surface area contributed by atoms with Crippen LogP contribution in [0.15, 0.2) is 36.4 Å². The molecule has 3 aliphatic rings. The van der Waals surface area contributed by atoms with Crippen LogP contribution in [-0.4, -0.2) is 42.4 Å². The quantitative estimate of drug-likeness (QED) is 0.846. The highest BCUT2D eigenvalue weighted by Gasteiger charge is 2.35. The lowest BCUT2D eigenvalue weighted by atomic mass is 9.84. The van der Waals surface area contributed by atoms with Gasteiger partial charge in [0.05, 0.1) is 4.88 Å². The van der Waals surface area contributed by atoms with Gasteiger partial charge in [-0.25, -0.2) is 0 Å². The number of benzene rings is 1. The molecular formula is C19H21N3O3S. The summed E-state index contributed by atoms with van der Waals surface area (Å²) in [6, 6.07) is 10.4. The predicted molar refractivity (Wildman–Crippen MR) is 99.8 cm³/mol. The Kier molecular flexibility index (Phi) is 4.65. The van der Waals surface area contributed by atoms with Crippen molar-refractivity contribution in [1.82, 2.24) is 10.2 Å². The zero-order valence-corrected chi connectivity index (χ0v) is 15.1. The van der Waals surface area contributed by atoms with Gasteiger partial charge in [-0.05, 0) is 68.2 Å². The Hall–Kier alpha value is -2.38. The van der Waals surface area contributed by atoms with Crippen LogP contribution < -0.4 is 15.8 Å². The van der Waals surface area contributed by atoms with Gasteiger partial charge < -0.3 is 20.7 Å². The molecule has 3 fully saturated rings. The maximum atomic E-state index is 12.5. The number of amides is 2. The minimum atomic E-state index is -0.473. The molecular weight excluding hydrogens is 350 g/mol. The average molecular weight is 371 g/mol. The molecule has 3 saturated heterocycles. The predicted octanol–water partition coefficient (Wildman–Crippen LogP) is 2.46. The lowest BCUT2D eigenvalue weighted by Crippen LogP contribution is -2.57. The van der Waals surface area contributed by atoms with E-state index in [1.54, 1.807) is 36.4 Å². The molecule has 3 N–H and O–H groups in total. The van der Waals surface area contributed by atoms with Crippen LogP contribution in [0.25, 0.3) is 0 Å². The number of carbonyl (C=O) groups is 2. The number of fused-ring (bicyclic) bond motifs is 3. The number of nitrogens with two attached hydrogens (primary N) is 1. The van der Waals surface area contributed by atoms with Crippen molar-refractivity contribution >= 4 is 23.2 Å². The molecule has 136 valence electrons. The lowest BCUT2D eigenvalue weighted by Gasteiger charge is -2.44. The van der Waals surface area contributed by atoms with Crippen LogP contribution in [0.1, 0.15) is 32.9 Å². The largest absolute Gasteiger partial charge is 0.447 e. The van der Waals surface area contributed by atoms with Crippen molar-refractivity contribution in [3.05, 3.63) is 46.8 Å². The third kappa shape index (κ3) is 3.59. The molecule has 1 aromatic heterocycles. The second kappa shape index (κ2) is 7.09. The Morgan fingerprint density at radius 2 is 1.85 bits per heavy atom. The molecule has 4 heterocycles. The highest BCUT2D eigenvalue weighted by atomic mass is 32.1. The monoisotopic (exact) mass is 371 g/mol. The Morgan fingerprint density at radius 3 is 2.46 bits per heavy atom. The fourth-order valence-corrected chi connectivity index (χ4v) is 4.45. The molecule has 0 aliphatic carbocycles. The molecule has 2 bridgehead atoms. The molecule has 26 heavy (non-hydrogen) atoms. The number of thiophene rings is 1. The summed E-state index contributed by atoms with van der Waals surface area (Å²) in [6.45, 7) is 3.27. The summed E-state index contributed by atoms with van der Waals surface area (Å²) in [5.41, 5.74) is 5.66. The molecule has 6 nitrogen and oxygen atoms in total. The molecule has 2 aromatic rings. The lowest BCUT2D eigenvalue weighted by molar-refractivity contribution is 0.0622. The molecule has 2 amide bonds. The number of primary amides is 1. The van der Waals surface area contributed by atoms with Crippen molar-refractivity contribution in [1.29, 1.82) is 0 Å². The smallest absolute Gasteiger partial charge is 0.261 e. The summed E-state index contributed by atoms with van der Waals surface area (Å²) < 4.78 is 5.76. The van der Waals surface area contributed by atoms with E-state index in [9.17, 15) is 9.59 Å². The topological polar surface area (TPSA) is 84.7 Å². The van der Waals surface area contributed by atoms with E-state index in [-0.39, 0.29) is 11.9 Å². The van der Waals surface area contributed by atoms with Gasteiger partial charge in [0.15, 0.2) is 5.06 Å². The maximum Gasteiger partial charge on any atom is 0.261 e. The van der Waals surface area contributed by atoms with E-state index in [1.165, 1.54) is 24.2 Å². The summed E-state index contributed by atoms with van der Waals surface area (Å²) in [5, 5.41) is 3.82. The highest BCUT2D eigenvalue weighted by molar-refractivity contribution is 7.15. The number of hydrogen-bond acceptors (Lipinski definition) is 5. The van der Waals surface area contributed by atoms with E-state index in [4.69, 9.17) is 10.5 Å². The van der Waals surface area contributed by atoms with E-state index in [1.807, 2.05) is 0 Å². The Morgan fingerprint density at radius 1 is 1.12 bits per heavy atom. The number of nitrogens with zero attached hydrogens (tertiary/aromatic N) is 1. The molecule has 0 saturated carbocycles. The first kappa shape index (κ1) is 17.1. The van der Waals surface area contributed by atoms with Crippen LogP contribution in [0.4, 0.5) is 0 Å². The summed E-state index contributed by atoms with van der Waals surface area (Å²) >= 11 is 1.32. The second-order valence-corrected chi connectivity index (χ2v) is 7.87. The zero-order valence-electron chi connectivity index (χ0n) is 14.3. The summed E-state index contributed by atoms with van der Waals surface area (Å²) in [5.74, 6) is 0.691. The normalized spacial score (nSPS) is 24.2. The molecule has 1 aromatic carbocycles. The van der Waals surface area contributed by atoms with Gasteiger partial charge in [-0.2, -0.15) is 0 Å². The van der Waals surface area contributed by atoms with Gasteiger partial charge in [0.25, 0.3) is 5.91 Å². The number of hydrogen-bond donors (Lipinski definition) is 2. The average Bonchev–Trinajstić information content (AvgIpc) is 3.12. The molecule has 5 rings (SSSR count). The van der Waals surface area contributed by atoms with Crippen LogP contribution in [-0.2, 0) is 0 Å². The van der Waals surface area contributed by atoms with E-state index in [0.29, 0.717) is 27.2 Å². The van der Waals surface area contributed by atoms with E-state index >= 15 is 0 Å². The fourth-order valence-electron chi connectivity index (χ4n) is 3.67. The first-order chi connectivity index (χ1) is 12.6. The van der Waals surface area contributed by atoms with Gasteiger partial charge in [-0.15, -0.1) is 0 Å². The van der Waals surface area contributed by atoms with E-state index in [0.717, 1.165) is 19.6 Å². The zero-order chi connectivity index (χ0) is 18.1. The molecule has 0 spiro atoms. The van der Waals surface area contributed by atoms with Crippen LogP contribution in [0, 0.1) is 5.92 Å². The first-order valence-electron chi connectivity index (χ1n) is 8.79. The minimum Gasteiger partial charge on any atom is -0.447 e. The van der Waals surface area contributed by atoms with Crippen LogP contribution in [0.3, 0.4) is 0 Å². The van der Waals surface area contributed by atoms with Crippen molar-refractivity contribution in [3.8, 4) is 10.8 Å². The SMILES string of the molecule is NC(=O)c1ccc(Oc2ccc(C(=O)N[C@H]3CN4CCC3CC4)s2)cc1. The highest BCUT2D eigenvalue weighted by Crippen LogP contribution is 2.31. The van der Waals surface area contributed by atoms with Crippen molar-refractivity contribution in [2.45, 2.75) is 18.9 Å². The Balaban J connectivity index is 1.38. The van der Waals surface area contributed by atoms with E-state index < -0.39 is 5.91 Å². The Bertz CT molecular complexity index is 810. The number of carbonyl (C=O) groups excluding carboxylic acids is 2. The Labute approximate surface area is 155 Å². The number of piperidine rings is 3. The van der Waals surface area contributed by atoms with Gasteiger partial charge in [-0.3, -0.25) is 9.59 Å². The number of nitrogens with one attached hydrogen (secondary N) is 1. The van der Waals surface area contributed by atoms with Gasteiger partial charge in [0.1, 0.15) is 5.75 Å². The van der Waals surface area contributed by atoms with Crippen molar-refractivity contribution in [3.63, 3.8) is 0 Å². The van der Waals surface area contributed by atoms with Crippen molar-refractivity contribution in [2.75, 3.05) is 19.6 Å². The number of ether oxygens (including phenoxy) is 1. The van der Waals surface area contributed by atoms with Crippen LogP contribution >= 0.6 is 11.3 Å². The van der Waals surface area contributed by atoms with Gasteiger partial charge in [0, 0.05) is 18.2 Å². The molecule has 1 atom stereocenters. The molecule has 7 heteroatoms. The number of rotatable bonds is 5. The van der Waals surface area contributed by atoms with Crippen LogP contribution in [0.5, 0.6) is 10.8 Å². The molecule has 0 radical (unpaired) electrons. The van der Waals surface area contributed by atoms with Crippen molar-refractivity contribution < 1.29 is 14.3 Å². The minimum absolute atomic E-state index is 0.0346. The standard InChI is InChI=1S/C19H21N3O3S/c20-18(23)13-1-3-14(4-2-13)25-17-6-5-16(26-17)19(24)21-15-11-22-9-7-12(15)8-10-22/h1-6,12,15H,7-11H2,(H2,20,23)(H,21,24)/t15-/m0/s1. The second-order valence-electron chi connectivity index (χ2n) is 6.83. The maximum absolute atomic E-state index is 12.5. The molecule has 0 unspecified atom stereocenters. The first-order valence-corrected chi connectivity index (χ1v) is 9.61. The summed E-state index contributed by atoms with van der Waals surface area (Å²) in [7, 11) is 0. The van der Waals surface area contributed by atoms with Crippen LogP contribution in [0.2, 0.25) is 0 Å². The van der Waals surface area contributed by atoms with Crippen molar-refractivity contribution in [2.24, 2.45) is 11.7 Å².